The SMILES string of the molecule is NC1=NC2(CCc3cccc(-c4cnccn4)c3C2)CO1. The van der Waals surface area contributed by atoms with E-state index in [4.69, 9.17) is 10.5 Å². The minimum absolute atomic E-state index is 0.199. The maximum absolute atomic E-state index is 5.71. The van der Waals surface area contributed by atoms with Gasteiger partial charge >= 0.3 is 0 Å². The fraction of sp³-hybridized carbons (Fsp3) is 0.312. The predicted octanol–water partition coefficient (Wildman–Crippen LogP) is 1.72. The van der Waals surface area contributed by atoms with E-state index in [9.17, 15) is 0 Å². The Labute approximate surface area is 122 Å². The monoisotopic (exact) mass is 280 g/mol. The van der Waals surface area contributed by atoms with E-state index in [0.29, 0.717) is 12.6 Å². The second-order valence-electron chi connectivity index (χ2n) is 5.67. The average molecular weight is 280 g/mol. The van der Waals surface area contributed by atoms with Gasteiger partial charge in [-0.3, -0.25) is 9.97 Å². The molecule has 2 N–H and O–H groups in total. The molecule has 1 aliphatic heterocycles. The summed E-state index contributed by atoms with van der Waals surface area (Å²) >= 11 is 0. The number of aryl methyl sites for hydroxylation is 1. The second-order valence-corrected chi connectivity index (χ2v) is 5.67. The Kier molecular flexibility index (Phi) is 2.67. The molecule has 106 valence electrons. The number of hydrogen-bond acceptors (Lipinski definition) is 5. The maximum Gasteiger partial charge on any atom is 0.282 e. The number of aliphatic imine (C=N–C) groups is 1. The molecule has 5 heteroatoms. The van der Waals surface area contributed by atoms with Crippen molar-refractivity contribution >= 4 is 6.02 Å². The summed E-state index contributed by atoms with van der Waals surface area (Å²) in [4.78, 5) is 13.2. The minimum atomic E-state index is -0.199. The molecule has 1 spiro atoms. The molecule has 1 unspecified atom stereocenters. The van der Waals surface area contributed by atoms with Crippen LogP contribution in [0.1, 0.15) is 17.5 Å². The van der Waals surface area contributed by atoms with Crippen molar-refractivity contribution in [2.45, 2.75) is 24.8 Å². The number of rotatable bonds is 1. The van der Waals surface area contributed by atoms with Gasteiger partial charge in [-0.2, -0.15) is 0 Å². The van der Waals surface area contributed by atoms with Crippen LogP contribution in [0.3, 0.4) is 0 Å². The van der Waals surface area contributed by atoms with Crippen LogP contribution in [-0.2, 0) is 17.6 Å². The van der Waals surface area contributed by atoms with Gasteiger partial charge in [0.05, 0.1) is 11.9 Å². The first-order chi connectivity index (χ1) is 10.3. The highest BCUT2D eigenvalue weighted by Crippen LogP contribution is 2.38. The standard InChI is InChI=1S/C16H16N4O/c17-15-20-16(10-21-15)5-4-11-2-1-3-12(13(11)8-16)14-9-18-6-7-19-14/h1-3,6-7,9H,4-5,8,10H2,(H2,17,20). The summed E-state index contributed by atoms with van der Waals surface area (Å²) in [6, 6.07) is 6.69. The Balaban J connectivity index is 1.80. The third-order valence-corrected chi connectivity index (χ3v) is 4.31. The van der Waals surface area contributed by atoms with Gasteiger partial charge in [0.15, 0.2) is 0 Å². The summed E-state index contributed by atoms with van der Waals surface area (Å²) in [5.41, 5.74) is 10.2. The number of benzene rings is 1. The summed E-state index contributed by atoms with van der Waals surface area (Å²) in [5.74, 6) is 0. The highest BCUT2D eigenvalue weighted by atomic mass is 16.5. The summed E-state index contributed by atoms with van der Waals surface area (Å²) in [6.45, 7) is 0.576. The van der Waals surface area contributed by atoms with Gasteiger partial charge in [-0.15, -0.1) is 0 Å². The zero-order valence-electron chi connectivity index (χ0n) is 11.6. The maximum atomic E-state index is 5.71. The van der Waals surface area contributed by atoms with Crippen LogP contribution in [0.4, 0.5) is 0 Å². The molecular formula is C16H16N4O. The molecule has 1 atom stereocenters. The van der Waals surface area contributed by atoms with Crippen LogP contribution in [0, 0.1) is 0 Å². The lowest BCUT2D eigenvalue weighted by molar-refractivity contribution is 0.235. The Morgan fingerprint density at radius 3 is 2.95 bits per heavy atom. The molecule has 2 heterocycles. The molecule has 1 aliphatic carbocycles. The van der Waals surface area contributed by atoms with Crippen LogP contribution < -0.4 is 5.73 Å². The Bertz CT molecular complexity index is 713. The van der Waals surface area contributed by atoms with Crippen LogP contribution in [0.2, 0.25) is 0 Å². The number of ether oxygens (including phenoxy) is 1. The molecule has 1 aromatic heterocycles. The van der Waals surface area contributed by atoms with Crippen molar-refractivity contribution in [1.29, 1.82) is 0 Å². The molecule has 2 aliphatic rings. The zero-order valence-corrected chi connectivity index (χ0v) is 11.6. The number of nitrogens with zero attached hydrogens (tertiary/aromatic N) is 3. The normalized spacial score (nSPS) is 23.5. The lowest BCUT2D eigenvalue weighted by Gasteiger charge is -2.31. The van der Waals surface area contributed by atoms with Crippen molar-refractivity contribution in [3.8, 4) is 11.3 Å². The molecule has 0 amide bonds. The van der Waals surface area contributed by atoms with Crippen molar-refractivity contribution in [3.63, 3.8) is 0 Å². The molecule has 4 rings (SSSR count). The lowest BCUT2D eigenvalue weighted by atomic mass is 9.77. The fourth-order valence-corrected chi connectivity index (χ4v) is 3.27. The van der Waals surface area contributed by atoms with Crippen molar-refractivity contribution in [3.05, 3.63) is 47.9 Å². The van der Waals surface area contributed by atoms with Crippen LogP contribution in [0.5, 0.6) is 0 Å². The van der Waals surface area contributed by atoms with E-state index in [2.05, 4.69) is 33.2 Å². The number of amidine groups is 1. The fourth-order valence-electron chi connectivity index (χ4n) is 3.27. The van der Waals surface area contributed by atoms with E-state index in [-0.39, 0.29) is 5.54 Å². The van der Waals surface area contributed by atoms with Crippen LogP contribution in [-0.4, -0.2) is 28.1 Å². The number of fused-ring (bicyclic) bond motifs is 1. The molecule has 0 fully saturated rings. The van der Waals surface area contributed by atoms with Crippen LogP contribution >= 0.6 is 0 Å². The highest BCUT2D eigenvalue weighted by Gasteiger charge is 2.40. The molecule has 1 aromatic carbocycles. The van der Waals surface area contributed by atoms with E-state index < -0.39 is 0 Å². The highest BCUT2D eigenvalue weighted by molar-refractivity contribution is 5.74. The van der Waals surface area contributed by atoms with Crippen LogP contribution in [0.25, 0.3) is 11.3 Å². The van der Waals surface area contributed by atoms with E-state index in [1.165, 1.54) is 11.1 Å². The molecule has 0 saturated carbocycles. The lowest BCUT2D eigenvalue weighted by Crippen LogP contribution is -2.35. The van der Waals surface area contributed by atoms with Gasteiger partial charge in [0.25, 0.3) is 6.02 Å². The Hall–Kier alpha value is -2.43. The average Bonchev–Trinajstić information content (AvgIpc) is 2.88. The molecule has 5 nitrogen and oxygen atoms in total. The number of aromatic nitrogens is 2. The zero-order chi connectivity index (χ0) is 14.3. The largest absolute Gasteiger partial charge is 0.463 e. The Morgan fingerprint density at radius 1 is 1.24 bits per heavy atom. The first-order valence-electron chi connectivity index (χ1n) is 7.11. The van der Waals surface area contributed by atoms with Gasteiger partial charge in [-0.05, 0) is 24.0 Å². The van der Waals surface area contributed by atoms with Gasteiger partial charge in [0.1, 0.15) is 12.1 Å². The summed E-state index contributed by atoms with van der Waals surface area (Å²) < 4.78 is 5.41. The first kappa shape index (κ1) is 12.3. The second kappa shape index (κ2) is 4.55. The minimum Gasteiger partial charge on any atom is -0.463 e. The number of hydrogen-bond donors (Lipinski definition) is 1. The van der Waals surface area contributed by atoms with Gasteiger partial charge in [-0.25, -0.2) is 4.99 Å². The molecule has 2 aromatic rings. The third-order valence-electron chi connectivity index (χ3n) is 4.31. The Morgan fingerprint density at radius 2 is 2.19 bits per heavy atom. The molecule has 0 saturated heterocycles. The smallest absolute Gasteiger partial charge is 0.282 e. The van der Waals surface area contributed by atoms with Crippen molar-refractivity contribution in [1.82, 2.24) is 9.97 Å². The van der Waals surface area contributed by atoms with Gasteiger partial charge in [0.2, 0.25) is 0 Å². The first-order valence-corrected chi connectivity index (χ1v) is 7.11. The van der Waals surface area contributed by atoms with Crippen molar-refractivity contribution in [2.75, 3.05) is 6.61 Å². The molecular weight excluding hydrogens is 264 g/mol. The molecule has 0 radical (unpaired) electrons. The summed E-state index contributed by atoms with van der Waals surface area (Å²) in [7, 11) is 0. The predicted molar refractivity (Wildman–Crippen MR) is 79.8 cm³/mol. The van der Waals surface area contributed by atoms with E-state index in [1.807, 2.05) is 0 Å². The summed E-state index contributed by atoms with van der Waals surface area (Å²) in [5, 5.41) is 0. The van der Waals surface area contributed by atoms with Gasteiger partial charge in [-0.1, -0.05) is 18.2 Å². The summed E-state index contributed by atoms with van der Waals surface area (Å²) in [6.07, 6.45) is 8.03. The van der Waals surface area contributed by atoms with Crippen molar-refractivity contribution < 1.29 is 4.74 Å². The van der Waals surface area contributed by atoms with E-state index in [0.717, 1.165) is 30.5 Å². The van der Waals surface area contributed by atoms with Gasteiger partial charge in [0, 0.05) is 24.4 Å². The van der Waals surface area contributed by atoms with E-state index in [1.54, 1.807) is 18.6 Å². The third kappa shape index (κ3) is 2.05. The quantitative estimate of drug-likeness (QED) is 0.863. The molecule has 0 bridgehead atoms. The van der Waals surface area contributed by atoms with Crippen LogP contribution in [0.15, 0.2) is 41.8 Å². The topological polar surface area (TPSA) is 73.4 Å². The van der Waals surface area contributed by atoms with E-state index >= 15 is 0 Å². The molecule has 21 heavy (non-hydrogen) atoms. The van der Waals surface area contributed by atoms with Gasteiger partial charge < -0.3 is 10.5 Å². The van der Waals surface area contributed by atoms with Crippen molar-refractivity contribution in [2.24, 2.45) is 10.7 Å². The number of nitrogens with two attached hydrogens (primary N) is 1.